The molecule has 0 spiro atoms. The number of hydrogen-bond donors (Lipinski definition) is 1. The molecular weight excluding hydrogens is 236 g/mol. The van der Waals surface area contributed by atoms with E-state index in [-0.39, 0.29) is 12.2 Å². The van der Waals surface area contributed by atoms with Gasteiger partial charge in [-0.25, -0.2) is 0 Å². The lowest BCUT2D eigenvalue weighted by Crippen LogP contribution is -2.11. The first-order valence-corrected chi connectivity index (χ1v) is 8.08. The van der Waals surface area contributed by atoms with Crippen LogP contribution in [0.3, 0.4) is 0 Å². The van der Waals surface area contributed by atoms with Crippen LogP contribution in [0.5, 0.6) is 0 Å². The molecule has 0 aliphatic carbocycles. The highest BCUT2D eigenvalue weighted by atomic mass is 16.3. The van der Waals surface area contributed by atoms with E-state index in [9.17, 15) is 9.90 Å². The van der Waals surface area contributed by atoms with Crippen molar-refractivity contribution in [3.63, 3.8) is 0 Å². The van der Waals surface area contributed by atoms with Gasteiger partial charge in [-0.15, -0.1) is 0 Å². The monoisotopic (exact) mass is 268 g/mol. The molecule has 0 amide bonds. The fourth-order valence-electron chi connectivity index (χ4n) is 2.11. The molecule has 0 rings (SSSR count). The summed E-state index contributed by atoms with van der Waals surface area (Å²) in [5, 5.41) is 9.74. The van der Waals surface area contributed by atoms with Crippen LogP contribution >= 0.6 is 0 Å². The summed E-state index contributed by atoms with van der Waals surface area (Å²) in [7, 11) is 0. The third-order valence-corrected chi connectivity index (χ3v) is 3.36. The van der Waals surface area contributed by atoms with Gasteiger partial charge < -0.3 is 5.11 Å². The number of aliphatic hydroxyl groups excluding tert-OH is 1. The van der Waals surface area contributed by atoms with Gasteiger partial charge in [0.1, 0.15) is 0 Å². The summed E-state index contributed by atoms with van der Waals surface area (Å²) in [5.41, 5.74) is 0. The second-order valence-corrected chi connectivity index (χ2v) is 5.43. The van der Waals surface area contributed by atoms with Crippen molar-refractivity contribution in [1.29, 1.82) is 0 Å². The molecule has 2 nitrogen and oxygen atoms in total. The Morgan fingerprint density at radius 2 is 1.63 bits per heavy atom. The second-order valence-electron chi connectivity index (χ2n) is 5.43. The maximum atomic E-state index is 11.6. The number of carbonyl (C=O) groups is 1. The third kappa shape index (κ3) is 13.6. The number of ketones is 1. The molecule has 0 aromatic rings. The van der Waals surface area contributed by atoms with Gasteiger partial charge in [0.25, 0.3) is 0 Å². The van der Waals surface area contributed by atoms with E-state index < -0.39 is 6.10 Å². The van der Waals surface area contributed by atoms with Crippen molar-refractivity contribution < 1.29 is 9.90 Å². The summed E-state index contributed by atoms with van der Waals surface area (Å²) in [5.74, 6) is 0.0680. The van der Waals surface area contributed by atoms with E-state index in [1.54, 1.807) is 6.08 Å². The lowest BCUT2D eigenvalue weighted by atomic mass is 10.0. The number of carbonyl (C=O) groups excluding carboxylic acids is 1. The minimum Gasteiger partial charge on any atom is -0.393 e. The van der Waals surface area contributed by atoms with Gasteiger partial charge in [0.05, 0.1) is 6.10 Å². The lowest BCUT2D eigenvalue weighted by molar-refractivity contribution is -0.116. The van der Waals surface area contributed by atoms with E-state index in [0.717, 1.165) is 32.1 Å². The van der Waals surface area contributed by atoms with E-state index in [2.05, 4.69) is 13.8 Å². The summed E-state index contributed by atoms with van der Waals surface area (Å²) >= 11 is 0. The summed E-state index contributed by atoms with van der Waals surface area (Å²) in [4.78, 5) is 11.6. The van der Waals surface area contributed by atoms with E-state index in [1.807, 2.05) is 6.08 Å². The first kappa shape index (κ1) is 18.4. The molecule has 1 atom stereocenters. The smallest absolute Gasteiger partial charge is 0.157 e. The van der Waals surface area contributed by atoms with Crippen LogP contribution in [-0.4, -0.2) is 17.0 Å². The summed E-state index contributed by atoms with van der Waals surface area (Å²) in [6, 6.07) is 0. The normalized spacial score (nSPS) is 13.0. The molecule has 0 saturated heterocycles. The fraction of sp³-hybridized carbons (Fsp3) is 0.824. The van der Waals surface area contributed by atoms with Gasteiger partial charge in [-0.05, 0) is 25.3 Å². The van der Waals surface area contributed by atoms with E-state index >= 15 is 0 Å². The predicted molar refractivity (Wildman–Crippen MR) is 82.3 cm³/mol. The predicted octanol–water partition coefficient (Wildman–Crippen LogP) is 4.80. The van der Waals surface area contributed by atoms with Crippen LogP contribution in [0.2, 0.25) is 0 Å². The SMILES string of the molecule is CCCCCC/C=C/C(=O)CC(O)CCCCCC. The Labute approximate surface area is 119 Å². The number of aliphatic hydroxyl groups is 1. The molecule has 0 radical (unpaired) electrons. The van der Waals surface area contributed by atoms with Gasteiger partial charge in [-0.2, -0.15) is 0 Å². The average Bonchev–Trinajstić information content (AvgIpc) is 2.39. The topological polar surface area (TPSA) is 37.3 Å². The van der Waals surface area contributed by atoms with Crippen molar-refractivity contribution in [1.82, 2.24) is 0 Å². The first-order chi connectivity index (χ1) is 9.20. The van der Waals surface area contributed by atoms with Crippen molar-refractivity contribution >= 4 is 5.78 Å². The van der Waals surface area contributed by atoms with Crippen LogP contribution in [0.25, 0.3) is 0 Å². The first-order valence-electron chi connectivity index (χ1n) is 8.08. The molecule has 0 bridgehead atoms. The van der Waals surface area contributed by atoms with E-state index in [0.29, 0.717) is 0 Å². The van der Waals surface area contributed by atoms with Crippen LogP contribution in [0, 0.1) is 0 Å². The van der Waals surface area contributed by atoms with E-state index in [4.69, 9.17) is 0 Å². The number of hydrogen-bond acceptors (Lipinski definition) is 2. The van der Waals surface area contributed by atoms with Crippen molar-refractivity contribution in [2.24, 2.45) is 0 Å². The molecule has 1 unspecified atom stereocenters. The molecule has 0 fully saturated rings. The molecule has 0 aromatic heterocycles. The Balaban J connectivity index is 3.52. The molecule has 2 heteroatoms. The van der Waals surface area contributed by atoms with Gasteiger partial charge in [0, 0.05) is 6.42 Å². The van der Waals surface area contributed by atoms with Gasteiger partial charge in [0.15, 0.2) is 5.78 Å². The Morgan fingerprint density at radius 3 is 2.26 bits per heavy atom. The van der Waals surface area contributed by atoms with Crippen molar-refractivity contribution in [3.05, 3.63) is 12.2 Å². The number of unbranched alkanes of at least 4 members (excludes halogenated alkanes) is 7. The van der Waals surface area contributed by atoms with Gasteiger partial charge in [-0.3, -0.25) is 4.79 Å². The average molecular weight is 268 g/mol. The Hall–Kier alpha value is -0.630. The third-order valence-electron chi connectivity index (χ3n) is 3.36. The molecule has 112 valence electrons. The number of allylic oxidation sites excluding steroid dienone is 2. The highest BCUT2D eigenvalue weighted by molar-refractivity contribution is 5.89. The number of rotatable bonds is 13. The second kappa shape index (κ2) is 13.8. The highest BCUT2D eigenvalue weighted by Crippen LogP contribution is 2.09. The van der Waals surface area contributed by atoms with Crippen molar-refractivity contribution in [2.75, 3.05) is 0 Å². The van der Waals surface area contributed by atoms with Crippen LogP contribution in [-0.2, 0) is 4.79 Å². The minimum absolute atomic E-state index is 0.0680. The molecule has 0 aliphatic heterocycles. The van der Waals surface area contributed by atoms with Crippen molar-refractivity contribution in [2.45, 2.75) is 90.6 Å². The Kier molecular flexibility index (Phi) is 13.3. The van der Waals surface area contributed by atoms with Crippen LogP contribution in [0.15, 0.2) is 12.2 Å². The molecule has 0 aromatic carbocycles. The van der Waals surface area contributed by atoms with Crippen LogP contribution < -0.4 is 0 Å². The van der Waals surface area contributed by atoms with Gasteiger partial charge in [0.2, 0.25) is 0 Å². The quantitative estimate of drug-likeness (QED) is 0.385. The summed E-state index contributed by atoms with van der Waals surface area (Å²) in [6.07, 6.45) is 14.7. The van der Waals surface area contributed by atoms with Crippen molar-refractivity contribution in [3.8, 4) is 0 Å². The van der Waals surface area contributed by atoms with Crippen LogP contribution in [0.1, 0.15) is 84.5 Å². The summed E-state index contributed by atoms with van der Waals surface area (Å²) in [6.45, 7) is 4.37. The zero-order valence-electron chi connectivity index (χ0n) is 12.9. The molecule has 0 saturated carbocycles. The molecule has 0 heterocycles. The molecule has 0 aliphatic rings. The standard InChI is InChI=1S/C17H32O2/c1-3-5-7-9-10-12-14-17(19)15-16(18)13-11-8-6-4-2/h12,14,16,18H,3-11,13,15H2,1-2H3/b14-12+. The molecule has 1 N–H and O–H groups in total. The zero-order valence-corrected chi connectivity index (χ0v) is 12.9. The molecule has 19 heavy (non-hydrogen) atoms. The Bertz CT molecular complexity index is 233. The zero-order chi connectivity index (χ0) is 14.3. The van der Waals surface area contributed by atoms with Crippen LogP contribution in [0.4, 0.5) is 0 Å². The van der Waals surface area contributed by atoms with Gasteiger partial charge >= 0.3 is 0 Å². The maximum Gasteiger partial charge on any atom is 0.157 e. The Morgan fingerprint density at radius 1 is 1.00 bits per heavy atom. The highest BCUT2D eigenvalue weighted by Gasteiger charge is 2.07. The minimum atomic E-state index is -0.450. The van der Waals surface area contributed by atoms with Gasteiger partial charge in [-0.1, -0.05) is 64.9 Å². The summed E-state index contributed by atoms with van der Waals surface area (Å²) < 4.78 is 0. The van der Waals surface area contributed by atoms with E-state index in [1.165, 1.54) is 32.1 Å². The molecular formula is C17H32O2. The largest absolute Gasteiger partial charge is 0.393 e. The maximum absolute atomic E-state index is 11.6. The fourth-order valence-corrected chi connectivity index (χ4v) is 2.11. The lowest BCUT2D eigenvalue weighted by Gasteiger charge is -2.07.